The summed E-state index contributed by atoms with van der Waals surface area (Å²) in [4.78, 5) is 28.5. The first-order valence-electron chi connectivity index (χ1n) is 10.6. The van der Waals surface area contributed by atoms with Crippen LogP contribution < -0.4 is 5.32 Å². The lowest BCUT2D eigenvalue weighted by Gasteiger charge is -2.41. The van der Waals surface area contributed by atoms with Gasteiger partial charge in [-0.3, -0.25) is 14.5 Å². The molecule has 1 N–H and O–H groups in total. The Morgan fingerprint density at radius 3 is 1.68 bits per heavy atom. The van der Waals surface area contributed by atoms with Crippen LogP contribution in [0.25, 0.3) is 0 Å². The lowest BCUT2D eigenvalue weighted by Crippen LogP contribution is -2.56. The highest BCUT2D eigenvalue weighted by atomic mass is 19.1. The molecule has 0 aromatic heterocycles. The Bertz CT molecular complexity index is 847. The van der Waals surface area contributed by atoms with E-state index in [1.54, 1.807) is 29.2 Å². The third-order valence-electron chi connectivity index (χ3n) is 5.65. The minimum atomic E-state index is -0.547. The number of carbonyl (C=O) groups excluding carboxylic acids is 2. The fourth-order valence-corrected chi connectivity index (χ4v) is 4.03. The predicted molar refractivity (Wildman–Crippen MR) is 115 cm³/mol. The van der Waals surface area contributed by atoms with Crippen LogP contribution in [0.15, 0.2) is 48.5 Å². The van der Waals surface area contributed by atoms with E-state index in [0.29, 0.717) is 26.2 Å². The van der Waals surface area contributed by atoms with Crippen LogP contribution in [0.2, 0.25) is 0 Å². The summed E-state index contributed by atoms with van der Waals surface area (Å²) in [5.74, 6) is -0.937. The number of amides is 2. The van der Waals surface area contributed by atoms with Crippen molar-refractivity contribution >= 4 is 11.8 Å². The van der Waals surface area contributed by atoms with Crippen molar-refractivity contribution in [1.82, 2.24) is 15.1 Å². The minimum Gasteiger partial charge on any atom is -0.344 e. The van der Waals surface area contributed by atoms with Gasteiger partial charge in [-0.2, -0.15) is 0 Å². The van der Waals surface area contributed by atoms with Crippen LogP contribution in [0.4, 0.5) is 8.78 Å². The molecular formula is C24H29F2N3O2. The topological polar surface area (TPSA) is 52.7 Å². The average Bonchev–Trinajstić information content (AvgIpc) is 2.74. The lowest BCUT2D eigenvalue weighted by molar-refractivity contribution is -0.139. The van der Waals surface area contributed by atoms with E-state index in [1.807, 2.05) is 13.8 Å². The standard InChI is InChI=1S/C24H29F2N3O2/c1-16(2)22(27-17(3)30)24(31)29-14-12-28(13-15-29)23(18-4-8-20(25)9-5-18)19-6-10-21(26)11-7-19/h4-11,16,22-23H,12-15H2,1-3H3,(H,27,30). The van der Waals surface area contributed by atoms with Crippen molar-refractivity contribution in [2.75, 3.05) is 26.2 Å². The van der Waals surface area contributed by atoms with Gasteiger partial charge in [-0.1, -0.05) is 38.1 Å². The van der Waals surface area contributed by atoms with Crippen molar-refractivity contribution < 1.29 is 18.4 Å². The van der Waals surface area contributed by atoms with Gasteiger partial charge in [0.2, 0.25) is 11.8 Å². The van der Waals surface area contributed by atoms with Gasteiger partial charge in [-0.25, -0.2) is 8.78 Å². The number of piperazine rings is 1. The second-order valence-electron chi connectivity index (χ2n) is 8.29. The van der Waals surface area contributed by atoms with Crippen molar-refractivity contribution in [2.24, 2.45) is 5.92 Å². The van der Waals surface area contributed by atoms with Crippen LogP contribution in [0.3, 0.4) is 0 Å². The summed E-state index contributed by atoms with van der Waals surface area (Å²) in [5, 5.41) is 2.76. The number of hydrogen-bond acceptors (Lipinski definition) is 3. The summed E-state index contributed by atoms with van der Waals surface area (Å²) in [7, 11) is 0. The van der Waals surface area contributed by atoms with E-state index >= 15 is 0 Å². The van der Waals surface area contributed by atoms with Gasteiger partial charge in [0.1, 0.15) is 17.7 Å². The second-order valence-corrected chi connectivity index (χ2v) is 8.29. The molecule has 0 bridgehead atoms. The van der Waals surface area contributed by atoms with Gasteiger partial charge in [0.05, 0.1) is 6.04 Å². The molecule has 3 rings (SSSR count). The SMILES string of the molecule is CC(=O)NC(C(=O)N1CCN(C(c2ccc(F)cc2)c2ccc(F)cc2)CC1)C(C)C. The zero-order valence-electron chi connectivity index (χ0n) is 18.1. The maximum atomic E-state index is 13.5. The fourth-order valence-electron chi connectivity index (χ4n) is 4.03. The molecule has 0 spiro atoms. The maximum Gasteiger partial charge on any atom is 0.245 e. The molecule has 1 aliphatic heterocycles. The molecule has 2 amide bonds. The van der Waals surface area contributed by atoms with E-state index in [2.05, 4.69) is 10.2 Å². The Hall–Kier alpha value is -2.80. The van der Waals surface area contributed by atoms with E-state index in [-0.39, 0.29) is 35.4 Å². The van der Waals surface area contributed by atoms with Gasteiger partial charge in [-0.15, -0.1) is 0 Å². The van der Waals surface area contributed by atoms with Crippen LogP contribution >= 0.6 is 0 Å². The quantitative estimate of drug-likeness (QED) is 0.766. The van der Waals surface area contributed by atoms with Crippen LogP contribution in [-0.2, 0) is 9.59 Å². The van der Waals surface area contributed by atoms with Gasteiger partial charge in [-0.05, 0) is 41.3 Å². The zero-order valence-corrected chi connectivity index (χ0v) is 18.1. The molecule has 1 saturated heterocycles. The Kier molecular flexibility index (Phi) is 7.38. The molecule has 2 aromatic rings. The largest absolute Gasteiger partial charge is 0.344 e. The normalized spacial score (nSPS) is 15.9. The molecule has 1 fully saturated rings. The molecular weight excluding hydrogens is 400 g/mol. The molecule has 0 radical (unpaired) electrons. The van der Waals surface area contributed by atoms with Crippen LogP contribution in [-0.4, -0.2) is 53.8 Å². The van der Waals surface area contributed by atoms with Gasteiger partial charge in [0, 0.05) is 33.1 Å². The highest BCUT2D eigenvalue weighted by molar-refractivity contribution is 5.87. The molecule has 1 unspecified atom stereocenters. The van der Waals surface area contributed by atoms with E-state index in [4.69, 9.17) is 0 Å². The summed E-state index contributed by atoms with van der Waals surface area (Å²) >= 11 is 0. The summed E-state index contributed by atoms with van der Waals surface area (Å²) < 4.78 is 27.0. The smallest absolute Gasteiger partial charge is 0.245 e. The van der Waals surface area contributed by atoms with Gasteiger partial charge in [0.25, 0.3) is 0 Å². The molecule has 166 valence electrons. The molecule has 0 saturated carbocycles. The second kappa shape index (κ2) is 10.0. The van der Waals surface area contributed by atoms with Gasteiger partial charge in [0.15, 0.2) is 0 Å². The Morgan fingerprint density at radius 2 is 1.29 bits per heavy atom. The van der Waals surface area contributed by atoms with Crippen molar-refractivity contribution in [3.05, 3.63) is 71.3 Å². The molecule has 0 aliphatic carbocycles. The summed E-state index contributed by atoms with van der Waals surface area (Å²) in [5.41, 5.74) is 1.82. The number of nitrogens with one attached hydrogen (secondary N) is 1. The van der Waals surface area contributed by atoms with Crippen LogP contribution in [0, 0.1) is 17.6 Å². The Labute approximate surface area is 182 Å². The van der Waals surface area contributed by atoms with E-state index in [0.717, 1.165) is 11.1 Å². The number of halogens is 2. The number of benzene rings is 2. The first-order chi connectivity index (χ1) is 14.8. The van der Waals surface area contributed by atoms with Crippen LogP contribution in [0.1, 0.15) is 37.9 Å². The van der Waals surface area contributed by atoms with E-state index in [1.165, 1.54) is 31.2 Å². The number of carbonyl (C=O) groups is 2. The maximum absolute atomic E-state index is 13.5. The fraction of sp³-hybridized carbons (Fsp3) is 0.417. The number of rotatable bonds is 6. The highest BCUT2D eigenvalue weighted by Gasteiger charge is 2.32. The number of nitrogens with zero attached hydrogens (tertiary/aromatic N) is 2. The lowest BCUT2D eigenvalue weighted by atomic mass is 9.96. The van der Waals surface area contributed by atoms with Gasteiger partial charge >= 0.3 is 0 Å². The molecule has 1 atom stereocenters. The van der Waals surface area contributed by atoms with Crippen LogP contribution in [0.5, 0.6) is 0 Å². The van der Waals surface area contributed by atoms with Crippen molar-refractivity contribution in [1.29, 1.82) is 0 Å². The zero-order chi connectivity index (χ0) is 22.5. The van der Waals surface area contributed by atoms with Crippen molar-refractivity contribution in [3.63, 3.8) is 0 Å². The predicted octanol–water partition coefficient (Wildman–Crippen LogP) is 3.36. The third kappa shape index (κ3) is 5.67. The van der Waals surface area contributed by atoms with Crippen molar-refractivity contribution in [2.45, 2.75) is 32.9 Å². The molecule has 1 heterocycles. The third-order valence-corrected chi connectivity index (χ3v) is 5.65. The summed E-state index contributed by atoms with van der Waals surface area (Å²) in [6.45, 7) is 7.48. The average molecular weight is 430 g/mol. The summed E-state index contributed by atoms with van der Waals surface area (Å²) in [6.07, 6.45) is 0. The summed E-state index contributed by atoms with van der Waals surface area (Å²) in [6, 6.07) is 11.9. The molecule has 2 aromatic carbocycles. The van der Waals surface area contributed by atoms with E-state index < -0.39 is 6.04 Å². The molecule has 7 heteroatoms. The number of hydrogen-bond donors (Lipinski definition) is 1. The Balaban J connectivity index is 1.77. The van der Waals surface area contributed by atoms with E-state index in [9.17, 15) is 18.4 Å². The molecule has 5 nitrogen and oxygen atoms in total. The monoisotopic (exact) mass is 429 g/mol. The first-order valence-corrected chi connectivity index (χ1v) is 10.6. The van der Waals surface area contributed by atoms with Crippen molar-refractivity contribution in [3.8, 4) is 0 Å². The highest BCUT2D eigenvalue weighted by Crippen LogP contribution is 2.30. The first kappa shape index (κ1) is 22.9. The minimum absolute atomic E-state index is 0.0133. The Morgan fingerprint density at radius 1 is 0.839 bits per heavy atom. The molecule has 1 aliphatic rings. The van der Waals surface area contributed by atoms with Gasteiger partial charge < -0.3 is 10.2 Å². The molecule has 31 heavy (non-hydrogen) atoms.